The molecule has 0 aromatic carbocycles. The molecule has 1 heterocycles. The van der Waals surface area contributed by atoms with Crippen molar-refractivity contribution in [2.24, 2.45) is 5.73 Å². The van der Waals surface area contributed by atoms with Crippen LogP contribution in [0.15, 0.2) is 16.9 Å². The van der Waals surface area contributed by atoms with Crippen molar-refractivity contribution < 1.29 is 13.2 Å². The zero-order valence-electron chi connectivity index (χ0n) is 9.45. The van der Waals surface area contributed by atoms with Gasteiger partial charge in [-0.2, -0.15) is 13.2 Å². The molecule has 0 saturated carbocycles. The van der Waals surface area contributed by atoms with Crippen LogP contribution in [0.4, 0.5) is 13.2 Å². The highest BCUT2D eigenvalue weighted by Gasteiger charge is 2.27. The van der Waals surface area contributed by atoms with E-state index in [0.717, 1.165) is 0 Å². The monoisotopic (exact) mass is 296 g/mol. The molecule has 3 nitrogen and oxygen atoms in total. The lowest BCUT2D eigenvalue weighted by atomic mass is 10.2. The first-order chi connectivity index (χ1) is 8.22. The van der Waals surface area contributed by atoms with Gasteiger partial charge in [-0.05, 0) is 30.8 Å². The Kier molecular flexibility index (Phi) is 4.80. The van der Waals surface area contributed by atoms with Crippen molar-refractivity contribution in [3.63, 3.8) is 0 Å². The van der Waals surface area contributed by atoms with Crippen molar-refractivity contribution >= 4 is 29.0 Å². The Hall–Kier alpha value is -1.02. The number of pyridine rings is 1. The van der Waals surface area contributed by atoms with Gasteiger partial charge in [0.1, 0.15) is 4.99 Å². The summed E-state index contributed by atoms with van der Waals surface area (Å²) in [4.78, 5) is 11.8. The summed E-state index contributed by atoms with van der Waals surface area (Å²) < 4.78 is 37.2. The Balaban J connectivity index is 2.92. The van der Waals surface area contributed by atoms with Crippen molar-refractivity contribution in [1.29, 1.82) is 0 Å². The largest absolute Gasteiger partial charge is 0.441 e. The van der Waals surface area contributed by atoms with Crippen LogP contribution in [0.2, 0.25) is 0 Å². The third kappa shape index (κ3) is 4.02. The van der Waals surface area contributed by atoms with Gasteiger partial charge in [0.25, 0.3) is 5.56 Å². The second-order valence-electron chi connectivity index (χ2n) is 3.50. The van der Waals surface area contributed by atoms with Crippen LogP contribution < -0.4 is 11.3 Å². The number of alkyl halides is 3. The molecule has 18 heavy (non-hydrogen) atoms. The molecule has 1 rings (SSSR count). The van der Waals surface area contributed by atoms with Crippen molar-refractivity contribution in [1.82, 2.24) is 4.57 Å². The summed E-state index contributed by atoms with van der Waals surface area (Å²) in [6.45, 7) is 1.61. The van der Waals surface area contributed by atoms with Crippen LogP contribution >= 0.6 is 24.0 Å². The Labute approximate surface area is 111 Å². The van der Waals surface area contributed by atoms with E-state index in [1.807, 2.05) is 0 Å². The lowest BCUT2D eigenvalue weighted by molar-refractivity contribution is -0.0328. The van der Waals surface area contributed by atoms with Gasteiger partial charge in [-0.25, -0.2) is 0 Å². The standard InChI is InChI=1S/C10H11F3N2OS2/c1-6-2-3-7(8(14)17)9(16)15(6)4-5-18-10(11,12)13/h2-3H,4-5H2,1H3,(H2,14,17). The predicted octanol–water partition coefficient (Wildman–Crippen LogP) is 2.04. The minimum atomic E-state index is -4.29. The Morgan fingerprint density at radius 1 is 1.50 bits per heavy atom. The Morgan fingerprint density at radius 2 is 2.11 bits per heavy atom. The minimum Gasteiger partial charge on any atom is -0.389 e. The van der Waals surface area contributed by atoms with E-state index in [-0.39, 0.29) is 34.6 Å². The number of thioether (sulfide) groups is 1. The van der Waals surface area contributed by atoms with Crippen LogP contribution in [0.5, 0.6) is 0 Å². The third-order valence-corrected chi connectivity index (χ3v) is 3.17. The van der Waals surface area contributed by atoms with E-state index in [1.54, 1.807) is 13.0 Å². The Morgan fingerprint density at radius 3 is 2.61 bits per heavy atom. The van der Waals surface area contributed by atoms with Gasteiger partial charge in [0.15, 0.2) is 0 Å². The van der Waals surface area contributed by atoms with E-state index in [4.69, 9.17) is 18.0 Å². The molecule has 8 heteroatoms. The number of aromatic nitrogens is 1. The summed E-state index contributed by atoms with van der Waals surface area (Å²) in [7, 11) is 0. The summed E-state index contributed by atoms with van der Waals surface area (Å²) in [5.74, 6) is -0.231. The summed E-state index contributed by atoms with van der Waals surface area (Å²) in [6.07, 6.45) is 0. The highest BCUT2D eigenvalue weighted by molar-refractivity contribution is 8.00. The third-order valence-electron chi connectivity index (χ3n) is 2.24. The fraction of sp³-hybridized carbons (Fsp3) is 0.400. The van der Waals surface area contributed by atoms with E-state index < -0.39 is 11.1 Å². The van der Waals surface area contributed by atoms with Crippen molar-refractivity contribution in [3.8, 4) is 0 Å². The summed E-state index contributed by atoms with van der Waals surface area (Å²) in [5, 5.41) is 0. The molecule has 0 spiro atoms. The van der Waals surface area contributed by atoms with E-state index in [2.05, 4.69) is 0 Å². The predicted molar refractivity (Wildman–Crippen MR) is 69.8 cm³/mol. The molecule has 0 atom stereocenters. The molecule has 2 N–H and O–H groups in total. The molecular formula is C10H11F3N2OS2. The van der Waals surface area contributed by atoms with Crippen molar-refractivity contribution in [3.05, 3.63) is 33.7 Å². The molecule has 0 bridgehead atoms. The van der Waals surface area contributed by atoms with Gasteiger partial charge < -0.3 is 10.3 Å². The molecule has 0 aliphatic rings. The lowest BCUT2D eigenvalue weighted by Gasteiger charge is -2.12. The highest BCUT2D eigenvalue weighted by atomic mass is 32.2. The smallest absolute Gasteiger partial charge is 0.389 e. The van der Waals surface area contributed by atoms with Gasteiger partial charge >= 0.3 is 5.51 Å². The SMILES string of the molecule is Cc1ccc(C(N)=S)c(=O)n1CCSC(F)(F)F. The number of aryl methyl sites for hydroxylation is 1. The molecule has 0 fully saturated rings. The molecule has 0 unspecified atom stereocenters. The summed E-state index contributed by atoms with van der Waals surface area (Å²) >= 11 is 4.54. The quantitative estimate of drug-likeness (QED) is 0.864. The van der Waals surface area contributed by atoms with Crippen LogP contribution in [0.3, 0.4) is 0 Å². The molecule has 0 saturated heterocycles. The van der Waals surface area contributed by atoms with Crippen LogP contribution in [0.25, 0.3) is 0 Å². The summed E-state index contributed by atoms with van der Waals surface area (Å²) in [5.41, 5.74) is 1.34. The van der Waals surface area contributed by atoms with Crippen molar-refractivity contribution in [2.45, 2.75) is 19.0 Å². The zero-order chi connectivity index (χ0) is 13.9. The van der Waals surface area contributed by atoms with Gasteiger partial charge in [-0.15, -0.1) is 0 Å². The average Bonchev–Trinajstić information content (AvgIpc) is 2.20. The van der Waals surface area contributed by atoms with Gasteiger partial charge in [-0.1, -0.05) is 12.2 Å². The van der Waals surface area contributed by atoms with Gasteiger partial charge in [0, 0.05) is 18.0 Å². The van der Waals surface area contributed by atoms with E-state index in [0.29, 0.717) is 5.69 Å². The first-order valence-electron chi connectivity index (χ1n) is 4.93. The number of rotatable bonds is 4. The minimum absolute atomic E-state index is 0.0364. The van der Waals surface area contributed by atoms with Crippen molar-refractivity contribution in [2.75, 3.05) is 5.75 Å². The molecule has 0 aliphatic heterocycles. The molecule has 100 valence electrons. The fourth-order valence-corrected chi connectivity index (χ4v) is 2.05. The number of halogens is 3. The maximum absolute atomic E-state index is 12.0. The molecule has 0 radical (unpaired) electrons. The second-order valence-corrected chi connectivity index (χ2v) is 5.10. The number of nitrogens with two attached hydrogens (primary N) is 1. The molecule has 0 aliphatic carbocycles. The number of hydrogen-bond donors (Lipinski definition) is 1. The maximum atomic E-state index is 12.0. The van der Waals surface area contributed by atoms with Gasteiger partial charge in [-0.3, -0.25) is 4.79 Å². The maximum Gasteiger partial charge on any atom is 0.441 e. The fourth-order valence-electron chi connectivity index (χ4n) is 1.39. The van der Waals surface area contributed by atoms with E-state index in [9.17, 15) is 18.0 Å². The highest BCUT2D eigenvalue weighted by Crippen LogP contribution is 2.29. The molecular weight excluding hydrogens is 285 g/mol. The lowest BCUT2D eigenvalue weighted by Crippen LogP contribution is -2.31. The van der Waals surface area contributed by atoms with Crippen LogP contribution in [-0.4, -0.2) is 20.8 Å². The Bertz CT molecular complexity index is 511. The zero-order valence-corrected chi connectivity index (χ0v) is 11.1. The number of hydrogen-bond acceptors (Lipinski definition) is 3. The second kappa shape index (κ2) is 5.75. The van der Waals surface area contributed by atoms with Gasteiger partial charge in [0.2, 0.25) is 0 Å². The summed E-state index contributed by atoms with van der Waals surface area (Å²) in [6, 6.07) is 3.08. The average molecular weight is 296 g/mol. The molecule has 1 aromatic heterocycles. The van der Waals surface area contributed by atoms with Crippen LogP contribution in [-0.2, 0) is 6.54 Å². The molecule has 0 amide bonds. The normalized spacial score (nSPS) is 11.6. The first kappa shape index (κ1) is 15.0. The number of thiocarbonyl (C=S) groups is 1. The van der Waals surface area contributed by atoms with E-state index >= 15 is 0 Å². The van der Waals surface area contributed by atoms with E-state index in [1.165, 1.54) is 10.6 Å². The van der Waals surface area contributed by atoms with Gasteiger partial charge in [0.05, 0.1) is 5.56 Å². The van der Waals surface area contributed by atoms with Crippen LogP contribution in [0, 0.1) is 6.92 Å². The first-order valence-corrected chi connectivity index (χ1v) is 6.32. The number of nitrogens with zero attached hydrogens (tertiary/aromatic N) is 1. The van der Waals surface area contributed by atoms with Crippen LogP contribution in [0.1, 0.15) is 11.3 Å². The molecule has 1 aromatic rings. The topological polar surface area (TPSA) is 48.0 Å².